The highest BCUT2D eigenvalue weighted by atomic mass is 16.5. The lowest BCUT2D eigenvalue weighted by Gasteiger charge is -2.38. The third-order valence-corrected chi connectivity index (χ3v) is 3.77. The summed E-state index contributed by atoms with van der Waals surface area (Å²) in [4.78, 5) is 26.6. The van der Waals surface area contributed by atoms with E-state index in [4.69, 9.17) is 9.84 Å². The molecular formula is C12H21N3O4. The van der Waals surface area contributed by atoms with Crippen molar-refractivity contribution in [2.45, 2.75) is 25.0 Å². The first-order chi connectivity index (χ1) is 9.09. The van der Waals surface area contributed by atoms with Crippen molar-refractivity contribution in [3.63, 3.8) is 0 Å². The van der Waals surface area contributed by atoms with Crippen LogP contribution in [0.15, 0.2) is 0 Å². The summed E-state index contributed by atoms with van der Waals surface area (Å²) in [6, 6.07) is 0.140. The Balaban J connectivity index is 1.92. The number of piperidine rings is 1. The van der Waals surface area contributed by atoms with E-state index in [0.29, 0.717) is 6.54 Å². The summed E-state index contributed by atoms with van der Waals surface area (Å²) in [5.74, 6) is -1.01. The van der Waals surface area contributed by atoms with Crippen molar-refractivity contribution in [3.8, 4) is 0 Å². The van der Waals surface area contributed by atoms with E-state index in [2.05, 4.69) is 5.32 Å². The number of hydrogen-bond acceptors (Lipinski definition) is 4. The Morgan fingerprint density at radius 3 is 2.68 bits per heavy atom. The second kappa shape index (κ2) is 6.21. The lowest BCUT2D eigenvalue weighted by Crippen LogP contribution is -2.55. The van der Waals surface area contributed by atoms with Gasteiger partial charge in [0.05, 0.1) is 13.2 Å². The molecule has 2 N–H and O–H groups in total. The predicted molar refractivity (Wildman–Crippen MR) is 68.0 cm³/mol. The van der Waals surface area contributed by atoms with E-state index < -0.39 is 12.1 Å². The molecule has 2 aliphatic heterocycles. The van der Waals surface area contributed by atoms with Crippen molar-refractivity contribution < 1.29 is 19.4 Å². The minimum atomic E-state index is -1.01. The lowest BCUT2D eigenvalue weighted by atomic mass is 10.1. The summed E-state index contributed by atoms with van der Waals surface area (Å²) in [5, 5.41) is 12.2. The minimum absolute atomic E-state index is 0.0959. The van der Waals surface area contributed by atoms with Crippen LogP contribution in [0.1, 0.15) is 12.8 Å². The minimum Gasteiger partial charge on any atom is -0.479 e. The highest BCUT2D eigenvalue weighted by Crippen LogP contribution is 2.14. The molecule has 7 heteroatoms. The van der Waals surface area contributed by atoms with Crippen molar-refractivity contribution >= 4 is 12.0 Å². The quantitative estimate of drug-likeness (QED) is 0.712. The number of aliphatic carboxylic acids is 1. The van der Waals surface area contributed by atoms with Gasteiger partial charge >= 0.3 is 12.0 Å². The molecule has 1 atom stereocenters. The zero-order valence-electron chi connectivity index (χ0n) is 11.2. The van der Waals surface area contributed by atoms with Crippen LogP contribution in [0.25, 0.3) is 0 Å². The number of carboxylic acid groups (broad SMARTS) is 1. The fourth-order valence-corrected chi connectivity index (χ4v) is 2.55. The molecule has 108 valence electrons. The molecule has 0 aromatic rings. The Morgan fingerprint density at radius 1 is 1.37 bits per heavy atom. The van der Waals surface area contributed by atoms with Gasteiger partial charge in [0.1, 0.15) is 0 Å². The first-order valence-corrected chi connectivity index (χ1v) is 6.66. The van der Waals surface area contributed by atoms with Gasteiger partial charge in [0.15, 0.2) is 6.10 Å². The number of nitrogens with zero attached hydrogens (tertiary/aromatic N) is 2. The van der Waals surface area contributed by atoms with Gasteiger partial charge in [-0.05, 0) is 25.9 Å². The van der Waals surface area contributed by atoms with E-state index >= 15 is 0 Å². The molecule has 7 nitrogen and oxygen atoms in total. The number of hydrogen-bond donors (Lipinski definition) is 2. The number of carboxylic acids is 1. The third kappa shape index (κ3) is 3.36. The van der Waals surface area contributed by atoms with Crippen molar-refractivity contribution in [2.75, 3.05) is 39.8 Å². The van der Waals surface area contributed by atoms with E-state index in [0.717, 1.165) is 25.9 Å². The molecule has 0 aromatic carbocycles. The largest absolute Gasteiger partial charge is 0.479 e. The number of rotatable bonds is 2. The Kier molecular flexibility index (Phi) is 4.60. The maximum absolute atomic E-state index is 12.3. The van der Waals surface area contributed by atoms with E-state index in [1.807, 2.05) is 0 Å². The second-order valence-electron chi connectivity index (χ2n) is 5.02. The van der Waals surface area contributed by atoms with Gasteiger partial charge in [-0.25, -0.2) is 9.59 Å². The monoisotopic (exact) mass is 271 g/mol. The zero-order valence-corrected chi connectivity index (χ0v) is 11.2. The molecule has 2 heterocycles. The molecule has 2 amide bonds. The summed E-state index contributed by atoms with van der Waals surface area (Å²) in [7, 11) is 1.80. The maximum Gasteiger partial charge on any atom is 0.334 e. The number of carbonyl (C=O) groups is 2. The molecule has 2 saturated heterocycles. The summed E-state index contributed by atoms with van der Waals surface area (Å²) in [6.45, 7) is 2.70. The molecule has 0 radical (unpaired) electrons. The summed E-state index contributed by atoms with van der Waals surface area (Å²) in [5.41, 5.74) is 0. The van der Waals surface area contributed by atoms with Crippen LogP contribution in [-0.2, 0) is 9.53 Å². The molecule has 2 fully saturated rings. The number of amides is 2. The molecule has 1 unspecified atom stereocenters. The Bertz CT molecular complexity index is 344. The van der Waals surface area contributed by atoms with E-state index in [1.165, 1.54) is 0 Å². The van der Waals surface area contributed by atoms with Crippen LogP contribution in [-0.4, -0.2) is 78.9 Å². The smallest absolute Gasteiger partial charge is 0.334 e. The van der Waals surface area contributed by atoms with Gasteiger partial charge in [-0.15, -0.1) is 0 Å². The van der Waals surface area contributed by atoms with Crippen molar-refractivity contribution in [3.05, 3.63) is 0 Å². The molecule has 2 aliphatic rings. The molecule has 0 spiro atoms. The third-order valence-electron chi connectivity index (χ3n) is 3.77. The van der Waals surface area contributed by atoms with Gasteiger partial charge in [0, 0.05) is 19.6 Å². The fourth-order valence-electron chi connectivity index (χ4n) is 2.55. The maximum atomic E-state index is 12.3. The van der Waals surface area contributed by atoms with Gasteiger partial charge in [-0.3, -0.25) is 0 Å². The molecule has 0 saturated carbocycles. The summed E-state index contributed by atoms with van der Waals surface area (Å²) >= 11 is 0. The van der Waals surface area contributed by atoms with Gasteiger partial charge in [-0.1, -0.05) is 0 Å². The first-order valence-electron chi connectivity index (χ1n) is 6.66. The average molecular weight is 271 g/mol. The van der Waals surface area contributed by atoms with E-state index in [9.17, 15) is 9.59 Å². The highest BCUT2D eigenvalue weighted by Gasteiger charge is 2.32. The van der Waals surface area contributed by atoms with Crippen LogP contribution in [0.2, 0.25) is 0 Å². The number of nitrogens with one attached hydrogen (secondary N) is 1. The Labute approximate surface area is 112 Å². The topological polar surface area (TPSA) is 82.1 Å². The second-order valence-corrected chi connectivity index (χ2v) is 5.02. The van der Waals surface area contributed by atoms with E-state index in [1.54, 1.807) is 16.8 Å². The molecule has 0 bridgehead atoms. The zero-order chi connectivity index (χ0) is 13.8. The number of morpholine rings is 1. The molecular weight excluding hydrogens is 250 g/mol. The molecule has 0 aliphatic carbocycles. The van der Waals surface area contributed by atoms with Crippen molar-refractivity contribution in [1.29, 1.82) is 0 Å². The van der Waals surface area contributed by atoms with Crippen LogP contribution in [0.4, 0.5) is 4.79 Å². The van der Waals surface area contributed by atoms with Gasteiger partial charge in [0.2, 0.25) is 0 Å². The van der Waals surface area contributed by atoms with Crippen LogP contribution in [0.3, 0.4) is 0 Å². The first kappa shape index (κ1) is 14.1. The molecule has 19 heavy (non-hydrogen) atoms. The molecule has 0 aromatic heterocycles. The van der Waals surface area contributed by atoms with Crippen LogP contribution >= 0.6 is 0 Å². The van der Waals surface area contributed by atoms with Gasteiger partial charge in [0.25, 0.3) is 0 Å². The van der Waals surface area contributed by atoms with Crippen LogP contribution in [0, 0.1) is 0 Å². The van der Waals surface area contributed by atoms with Gasteiger partial charge in [-0.2, -0.15) is 0 Å². The van der Waals surface area contributed by atoms with Crippen LogP contribution < -0.4 is 5.32 Å². The summed E-state index contributed by atoms with van der Waals surface area (Å²) < 4.78 is 5.12. The van der Waals surface area contributed by atoms with Crippen molar-refractivity contribution in [2.24, 2.45) is 0 Å². The average Bonchev–Trinajstić information content (AvgIpc) is 2.46. The SMILES string of the molecule is CN(C(=O)N1CCOC(C(=O)O)C1)C1CCNCC1. The Morgan fingerprint density at radius 2 is 2.05 bits per heavy atom. The predicted octanol–water partition coefficient (Wildman–Crippen LogP) is -0.424. The number of urea groups is 1. The van der Waals surface area contributed by atoms with Crippen LogP contribution in [0.5, 0.6) is 0 Å². The summed E-state index contributed by atoms with van der Waals surface area (Å²) in [6.07, 6.45) is 0.975. The number of carbonyl (C=O) groups excluding carboxylic acids is 1. The molecule has 2 rings (SSSR count). The number of ether oxygens (including phenoxy) is 1. The lowest BCUT2D eigenvalue weighted by molar-refractivity contribution is -0.154. The highest BCUT2D eigenvalue weighted by molar-refractivity contribution is 5.77. The Hall–Kier alpha value is -1.34. The van der Waals surface area contributed by atoms with Crippen molar-refractivity contribution in [1.82, 2.24) is 15.1 Å². The normalized spacial score (nSPS) is 25.1. The van der Waals surface area contributed by atoms with E-state index in [-0.39, 0.29) is 25.2 Å². The fraction of sp³-hybridized carbons (Fsp3) is 0.833. The van der Waals surface area contributed by atoms with Gasteiger partial charge < -0.3 is 25.0 Å². The standard InChI is InChI=1S/C12H21N3O4/c1-14(9-2-4-13-5-3-9)12(18)15-6-7-19-10(8-15)11(16)17/h9-10,13H,2-8H2,1H3,(H,16,17).